The molecule has 0 saturated carbocycles. The first-order valence-corrected chi connectivity index (χ1v) is 17.3. The third kappa shape index (κ3) is 4.17. The maximum absolute atomic E-state index is 2.50. The topological polar surface area (TPSA) is 4.93 Å². The van der Waals surface area contributed by atoms with Gasteiger partial charge in [0.1, 0.15) is 0 Å². The van der Waals surface area contributed by atoms with Crippen LogP contribution in [0.4, 0.5) is 0 Å². The van der Waals surface area contributed by atoms with E-state index in [0.29, 0.717) is 0 Å². The summed E-state index contributed by atoms with van der Waals surface area (Å²) < 4.78 is 5.17. The molecule has 0 unspecified atom stereocenters. The van der Waals surface area contributed by atoms with Crippen LogP contribution in [-0.4, -0.2) is 4.57 Å². The van der Waals surface area contributed by atoms with Crippen molar-refractivity contribution in [3.8, 4) is 39.1 Å². The zero-order chi connectivity index (χ0) is 31.6. The molecule has 2 heterocycles. The standard InChI is InChI=1S/C46H29NS/c1-4-12-30(13-5-1)32-20-22-33(23-21-32)35-24-26-39-41(29-35)47(36-16-8-3-9-17-36)45-37-18-10-11-19-38(37)46-44(43(39)45)40-28-34(25-27-42(40)48-46)31-14-6-2-7-15-31/h1-29H. The molecule has 48 heavy (non-hydrogen) atoms. The molecule has 0 radical (unpaired) electrons. The van der Waals surface area contributed by atoms with Crippen LogP contribution in [0.1, 0.15) is 0 Å². The van der Waals surface area contributed by atoms with Gasteiger partial charge in [0.2, 0.25) is 0 Å². The molecule has 0 fully saturated rings. The Morgan fingerprint density at radius 3 is 1.58 bits per heavy atom. The molecule has 0 spiro atoms. The van der Waals surface area contributed by atoms with Crippen LogP contribution in [0.25, 0.3) is 91.8 Å². The first kappa shape index (κ1) is 27.2. The van der Waals surface area contributed by atoms with E-state index >= 15 is 0 Å². The van der Waals surface area contributed by atoms with Gasteiger partial charge in [-0.25, -0.2) is 0 Å². The molecule has 8 aromatic carbocycles. The summed E-state index contributed by atoms with van der Waals surface area (Å²) in [6.45, 7) is 0. The molecule has 0 N–H and O–H groups in total. The summed E-state index contributed by atoms with van der Waals surface area (Å²) in [5.41, 5.74) is 11.0. The summed E-state index contributed by atoms with van der Waals surface area (Å²) in [5, 5.41) is 7.85. The maximum atomic E-state index is 2.50. The minimum atomic E-state index is 1.17. The SMILES string of the molecule is c1ccc(-c2ccc(-c3ccc4c5c6c7cc(-c8ccccc8)ccc7sc6c6ccccc6c5n(-c5ccccc5)c4c3)cc2)cc1. The molecule has 0 saturated heterocycles. The van der Waals surface area contributed by atoms with E-state index in [9.17, 15) is 0 Å². The number of hydrogen-bond acceptors (Lipinski definition) is 1. The lowest BCUT2D eigenvalue weighted by molar-refractivity contribution is 1.19. The summed E-state index contributed by atoms with van der Waals surface area (Å²) in [6.07, 6.45) is 0. The van der Waals surface area contributed by atoms with E-state index < -0.39 is 0 Å². The Balaban J connectivity index is 1.31. The number of nitrogens with zero attached hydrogens (tertiary/aromatic N) is 1. The Labute approximate surface area is 282 Å². The predicted molar refractivity (Wildman–Crippen MR) is 207 cm³/mol. The summed E-state index contributed by atoms with van der Waals surface area (Å²) in [4.78, 5) is 0. The lowest BCUT2D eigenvalue weighted by Gasteiger charge is -2.11. The molecule has 0 aliphatic carbocycles. The number of fused-ring (bicyclic) bond motifs is 10. The van der Waals surface area contributed by atoms with E-state index in [2.05, 4.69) is 180 Å². The second-order valence-corrected chi connectivity index (χ2v) is 13.6. The second kappa shape index (κ2) is 10.8. The molecule has 2 aromatic heterocycles. The average molecular weight is 628 g/mol. The van der Waals surface area contributed by atoms with Gasteiger partial charge < -0.3 is 4.57 Å². The van der Waals surface area contributed by atoms with Crippen LogP contribution in [-0.2, 0) is 0 Å². The largest absolute Gasteiger partial charge is 0.309 e. The Kier molecular flexibility index (Phi) is 6.12. The average Bonchev–Trinajstić information content (AvgIpc) is 3.72. The quantitative estimate of drug-likeness (QED) is 0.183. The third-order valence-corrected chi connectivity index (χ3v) is 11.0. The van der Waals surface area contributed by atoms with E-state index in [4.69, 9.17) is 0 Å². The summed E-state index contributed by atoms with van der Waals surface area (Å²) in [6, 6.07) is 64.2. The van der Waals surface area contributed by atoms with Crippen LogP contribution in [0.15, 0.2) is 176 Å². The van der Waals surface area contributed by atoms with Gasteiger partial charge in [-0.05, 0) is 63.7 Å². The van der Waals surface area contributed by atoms with E-state index in [1.807, 2.05) is 11.3 Å². The lowest BCUT2D eigenvalue weighted by Crippen LogP contribution is -1.94. The van der Waals surface area contributed by atoms with Crippen molar-refractivity contribution in [1.82, 2.24) is 4.57 Å². The van der Waals surface area contributed by atoms with Gasteiger partial charge in [-0.3, -0.25) is 0 Å². The highest BCUT2D eigenvalue weighted by Gasteiger charge is 2.22. The monoisotopic (exact) mass is 627 g/mol. The van der Waals surface area contributed by atoms with Crippen LogP contribution in [0, 0.1) is 0 Å². The lowest BCUT2D eigenvalue weighted by atomic mass is 9.96. The molecule has 1 nitrogen and oxygen atoms in total. The number of benzene rings is 8. The smallest absolute Gasteiger partial charge is 0.0626 e. The molecule has 0 aliphatic heterocycles. The molecule has 0 aliphatic rings. The zero-order valence-corrected chi connectivity index (χ0v) is 26.9. The van der Waals surface area contributed by atoms with Gasteiger partial charge in [0.25, 0.3) is 0 Å². The Hall–Kier alpha value is -5.96. The molecule has 0 amide bonds. The fraction of sp³-hybridized carbons (Fsp3) is 0. The fourth-order valence-corrected chi connectivity index (χ4v) is 8.77. The van der Waals surface area contributed by atoms with Crippen molar-refractivity contribution in [2.24, 2.45) is 0 Å². The highest BCUT2D eigenvalue weighted by Crippen LogP contribution is 2.49. The van der Waals surface area contributed by atoms with Gasteiger partial charge >= 0.3 is 0 Å². The van der Waals surface area contributed by atoms with Crippen LogP contribution < -0.4 is 0 Å². The van der Waals surface area contributed by atoms with Gasteiger partial charge in [-0.2, -0.15) is 0 Å². The van der Waals surface area contributed by atoms with Crippen molar-refractivity contribution in [1.29, 1.82) is 0 Å². The molecule has 2 heteroatoms. The number of hydrogen-bond donors (Lipinski definition) is 0. The van der Waals surface area contributed by atoms with Crippen molar-refractivity contribution in [3.63, 3.8) is 0 Å². The van der Waals surface area contributed by atoms with Crippen molar-refractivity contribution in [3.05, 3.63) is 176 Å². The van der Waals surface area contributed by atoms with Gasteiger partial charge in [0, 0.05) is 47.4 Å². The third-order valence-electron chi connectivity index (χ3n) is 9.78. The van der Waals surface area contributed by atoms with Crippen LogP contribution in [0.5, 0.6) is 0 Å². The molecule has 10 aromatic rings. The Bertz CT molecular complexity index is 2790. The van der Waals surface area contributed by atoms with E-state index in [1.54, 1.807) is 0 Å². The summed E-state index contributed by atoms with van der Waals surface area (Å²) in [5.74, 6) is 0. The molecule has 0 bridgehead atoms. The number of para-hydroxylation sites is 1. The van der Waals surface area contributed by atoms with Gasteiger partial charge in [0.05, 0.1) is 11.0 Å². The normalized spacial score (nSPS) is 11.8. The predicted octanol–water partition coefficient (Wildman–Crippen LogP) is 13.3. The Morgan fingerprint density at radius 2 is 0.875 bits per heavy atom. The van der Waals surface area contributed by atoms with Gasteiger partial charge in [0.15, 0.2) is 0 Å². The summed E-state index contributed by atoms with van der Waals surface area (Å²) in [7, 11) is 0. The molecule has 10 rings (SSSR count). The fourth-order valence-electron chi connectivity index (χ4n) is 7.54. The van der Waals surface area contributed by atoms with Crippen molar-refractivity contribution < 1.29 is 0 Å². The zero-order valence-electron chi connectivity index (χ0n) is 26.1. The van der Waals surface area contributed by atoms with Gasteiger partial charge in [-0.1, -0.05) is 146 Å². The summed E-state index contributed by atoms with van der Waals surface area (Å²) >= 11 is 1.91. The highest BCUT2D eigenvalue weighted by molar-refractivity contribution is 7.27. The van der Waals surface area contributed by atoms with Crippen LogP contribution in [0.3, 0.4) is 0 Å². The van der Waals surface area contributed by atoms with E-state index in [1.165, 1.54) is 91.8 Å². The number of rotatable bonds is 4. The second-order valence-electron chi connectivity index (χ2n) is 12.5. The van der Waals surface area contributed by atoms with Crippen molar-refractivity contribution in [2.45, 2.75) is 0 Å². The Morgan fingerprint density at radius 1 is 0.354 bits per heavy atom. The molecular weight excluding hydrogens is 599 g/mol. The van der Waals surface area contributed by atoms with E-state index in [-0.39, 0.29) is 0 Å². The van der Waals surface area contributed by atoms with Gasteiger partial charge in [-0.15, -0.1) is 11.3 Å². The minimum absolute atomic E-state index is 1.17. The minimum Gasteiger partial charge on any atom is -0.309 e. The number of aromatic nitrogens is 1. The van der Waals surface area contributed by atoms with Crippen LogP contribution >= 0.6 is 11.3 Å². The first-order chi connectivity index (χ1) is 23.8. The van der Waals surface area contributed by atoms with Crippen LogP contribution in [0.2, 0.25) is 0 Å². The van der Waals surface area contributed by atoms with Crippen molar-refractivity contribution in [2.75, 3.05) is 0 Å². The molecule has 0 atom stereocenters. The molecule has 224 valence electrons. The first-order valence-electron chi connectivity index (χ1n) is 16.4. The number of thiophene rings is 1. The highest BCUT2D eigenvalue weighted by atomic mass is 32.1. The van der Waals surface area contributed by atoms with Crippen molar-refractivity contribution >= 4 is 64.1 Å². The molecular formula is C46H29NS. The maximum Gasteiger partial charge on any atom is 0.0626 e. The van der Waals surface area contributed by atoms with E-state index in [0.717, 1.165) is 0 Å².